The molecule has 1 fully saturated rings. The smallest absolute Gasteiger partial charge is 0.253 e. The van der Waals surface area contributed by atoms with Crippen LogP contribution in [0, 0.1) is 0 Å². The normalized spacial score (nSPS) is 23.7. The van der Waals surface area contributed by atoms with E-state index in [-0.39, 0.29) is 17.3 Å². The van der Waals surface area contributed by atoms with Gasteiger partial charge in [0.1, 0.15) is 0 Å². The maximum atomic E-state index is 12.0. The van der Waals surface area contributed by atoms with Crippen LogP contribution < -0.4 is 5.32 Å². The first-order valence-electron chi connectivity index (χ1n) is 5.48. The lowest BCUT2D eigenvalue weighted by Crippen LogP contribution is -2.37. The van der Waals surface area contributed by atoms with Crippen LogP contribution in [0.25, 0.3) is 0 Å². The summed E-state index contributed by atoms with van der Waals surface area (Å²) in [4.78, 5) is 12.0. The number of hydrogen-bond acceptors (Lipinski definition) is 1. The monoisotopic (exact) mass is 335 g/mol. The van der Waals surface area contributed by atoms with E-state index in [0.29, 0.717) is 10.6 Å². The number of nitrogens with one attached hydrogen (secondary N) is 1. The second-order valence-electron chi connectivity index (χ2n) is 4.15. The summed E-state index contributed by atoms with van der Waals surface area (Å²) in [6, 6.07) is 5.28. The first-order chi connectivity index (χ1) is 8.08. The first-order valence-corrected chi connectivity index (χ1v) is 7.08. The van der Waals surface area contributed by atoms with Crippen LogP contribution in [0.1, 0.15) is 29.6 Å². The Kier molecular flexibility index (Phi) is 4.34. The van der Waals surface area contributed by atoms with Crippen molar-refractivity contribution >= 4 is 45.0 Å². The number of benzene rings is 1. The van der Waals surface area contributed by atoms with Crippen LogP contribution in [0.4, 0.5) is 0 Å². The molecule has 0 radical (unpaired) electrons. The fraction of sp³-hybridized carbons (Fsp3) is 0.417. The highest BCUT2D eigenvalue weighted by Gasteiger charge is 2.27. The zero-order valence-corrected chi connectivity index (χ0v) is 12.1. The maximum Gasteiger partial charge on any atom is 0.253 e. The molecule has 0 spiro atoms. The number of amides is 1. The summed E-state index contributed by atoms with van der Waals surface area (Å²) in [5.41, 5.74) is 0.491. The molecular weight excluding hydrogens is 325 g/mol. The molecule has 1 amide bonds. The molecule has 5 heteroatoms. The van der Waals surface area contributed by atoms with E-state index in [0.717, 1.165) is 23.7 Å². The highest BCUT2D eigenvalue weighted by atomic mass is 79.9. The van der Waals surface area contributed by atoms with Crippen LogP contribution in [0.5, 0.6) is 0 Å². The van der Waals surface area contributed by atoms with Crippen LogP contribution in [-0.2, 0) is 0 Å². The molecular formula is C12H12BrCl2NO. The molecule has 0 aliphatic heterocycles. The van der Waals surface area contributed by atoms with Crippen LogP contribution >= 0.6 is 39.1 Å². The zero-order chi connectivity index (χ0) is 12.4. The number of halogens is 3. The summed E-state index contributed by atoms with van der Waals surface area (Å²) in [5.74, 6) is -0.153. The van der Waals surface area contributed by atoms with Crippen molar-refractivity contribution in [3.63, 3.8) is 0 Å². The fourth-order valence-corrected chi connectivity index (χ4v) is 3.10. The van der Waals surface area contributed by atoms with Gasteiger partial charge in [-0.25, -0.2) is 0 Å². The largest absolute Gasteiger partial charge is 0.348 e. The van der Waals surface area contributed by atoms with Gasteiger partial charge in [-0.15, -0.1) is 11.6 Å². The topological polar surface area (TPSA) is 29.1 Å². The van der Waals surface area contributed by atoms with Gasteiger partial charge in [-0.3, -0.25) is 4.79 Å². The number of carbonyl (C=O) groups is 1. The first kappa shape index (κ1) is 13.2. The van der Waals surface area contributed by atoms with Crippen LogP contribution in [0.3, 0.4) is 0 Å². The number of hydrogen-bond donors (Lipinski definition) is 1. The fourth-order valence-electron chi connectivity index (χ4n) is 2.00. The molecule has 2 unspecified atom stereocenters. The van der Waals surface area contributed by atoms with Gasteiger partial charge in [0.05, 0.1) is 16.0 Å². The highest BCUT2D eigenvalue weighted by Crippen LogP contribution is 2.26. The van der Waals surface area contributed by atoms with Crippen molar-refractivity contribution in [2.24, 2.45) is 0 Å². The third kappa shape index (κ3) is 3.15. The molecule has 2 rings (SSSR count). The zero-order valence-electron chi connectivity index (χ0n) is 9.05. The third-order valence-electron chi connectivity index (χ3n) is 2.92. The molecule has 2 atom stereocenters. The van der Waals surface area contributed by atoms with Crippen molar-refractivity contribution in [3.05, 3.63) is 33.3 Å². The van der Waals surface area contributed by atoms with Gasteiger partial charge < -0.3 is 5.32 Å². The van der Waals surface area contributed by atoms with Gasteiger partial charge in [-0.05, 0) is 37.5 Å². The van der Waals surface area contributed by atoms with Gasteiger partial charge in [0, 0.05) is 10.5 Å². The van der Waals surface area contributed by atoms with Crippen LogP contribution in [-0.4, -0.2) is 17.3 Å². The van der Waals surface area contributed by atoms with Gasteiger partial charge in [0.25, 0.3) is 5.91 Å². The summed E-state index contributed by atoms with van der Waals surface area (Å²) in [6.07, 6.45) is 2.96. The van der Waals surface area contributed by atoms with Crippen molar-refractivity contribution in [1.29, 1.82) is 0 Å². The lowest BCUT2D eigenvalue weighted by molar-refractivity contribution is 0.0938. The minimum Gasteiger partial charge on any atom is -0.348 e. The molecule has 1 N–H and O–H groups in total. The molecule has 0 heterocycles. The number of carbonyl (C=O) groups excluding carboxylic acids is 1. The van der Waals surface area contributed by atoms with E-state index in [9.17, 15) is 4.79 Å². The molecule has 0 bridgehead atoms. The predicted molar refractivity (Wildman–Crippen MR) is 73.9 cm³/mol. The molecule has 2 nitrogen and oxygen atoms in total. The van der Waals surface area contributed by atoms with Crippen molar-refractivity contribution in [1.82, 2.24) is 5.32 Å². The van der Waals surface area contributed by atoms with Crippen LogP contribution in [0.15, 0.2) is 22.7 Å². The van der Waals surface area contributed by atoms with E-state index in [1.807, 2.05) is 0 Å². The van der Waals surface area contributed by atoms with E-state index < -0.39 is 0 Å². The minimum absolute atomic E-state index is 0.0353. The summed E-state index contributed by atoms with van der Waals surface area (Å²) >= 11 is 15.4. The number of rotatable bonds is 2. The van der Waals surface area contributed by atoms with E-state index >= 15 is 0 Å². The van der Waals surface area contributed by atoms with Crippen LogP contribution in [0.2, 0.25) is 5.02 Å². The van der Waals surface area contributed by atoms with Crippen molar-refractivity contribution in [2.75, 3.05) is 0 Å². The Balaban J connectivity index is 2.09. The SMILES string of the molecule is O=C(NC1CCCC1Cl)c1ccc(Br)cc1Cl. The van der Waals surface area contributed by atoms with E-state index in [1.54, 1.807) is 18.2 Å². The Morgan fingerprint density at radius 2 is 2.18 bits per heavy atom. The van der Waals surface area contributed by atoms with Gasteiger partial charge in [-0.2, -0.15) is 0 Å². The third-order valence-corrected chi connectivity index (χ3v) is 4.25. The Morgan fingerprint density at radius 1 is 1.41 bits per heavy atom. The molecule has 0 saturated heterocycles. The molecule has 0 aromatic heterocycles. The summed E-state index contributed by atoms with van der Waals surface area (Å²) in [7, 11) is 0. The number of alkyl halides is 1. The highest BCUT2D eigenvalue weighted by molar-refractivity contribution is 9.10. The van der Waals surface area contributed by atoms with E-state index in [1.165, 1.54) is 0 Å². The maximum absolute atomic E-state index is 12.0. The molecule has 17 heavy (non-hydrogen) atoms. The standard InChI is InChI=1S/C12H12BrCl2NO/c13-7-4-5-8(10(15)6-7)12(17)16-11-3-1-2-9(11)14/h4-6,9,11H,1-3H2,(H,16,17). The quantitative estimate of drug-likeness (QED) is 0.813. The van der Waals surface area contributed by atoms with Gasteiger partial charge >= 0.3 is 0 Å². The van der Waals surface area contributed by atoms with Gasteiger partial charge in [0.2, 0.25) is 0 Å². The molecule has 1 aromatic carbocycles. The lowest BCUT2D eigenvalue weighted by Gasteiger charge is -2.16. The molecule has 1 aromatic rings. The van der Waals surface area contributed by atoms with Crippen molar-refractivity contribution in [3.8, 4) is 0 Å². The van der Waals surface area contributed by atoms with E-state index in [2.05, 4.69) is 21.2 Å². The Labute approximate surface area is 119 Å². The second-order valence-corrected chi connectivity index (χ2v) is 6.03. The Bertz CT molecular complexity index is 439. The van der Waals surface area contributed by atoms with E-state index in [4.69, 9.17) is 23.2 Å². The molecule has 1 saturated carbocycles. The minimum atomic E-state index is -0.153. The Hall–Kier alpha value is -0.250. The Morgan fingerprint density at radius 3 is 2.76 bits per heavy atom. The summed E-state index contributed by atoms with van der Waals surface area (Å²) in [6.45, 7) is 0. The average Bonchev–Trinajstić information content (AvgIpc) is 2.64. The summed E-state index contributed by atoms with van der Waals surface area (Å²) < 4.78 is 0.857. The summed E-state index contributed by atoms with van der Waals surface area (Å²) in [5, 5.41) is 3.42. The molecule has 1 aliphatic rings. The lowest BCUT2D eigenvalue weighted by atomic mass is 10.2. The van der Waals surface area contributed by atoms with Gasteiger partial charge in [-0.1, -0.05) is 27.5 Å². The molecule has 1 aliphatic carbocycles. The van der Waals surface area contributed by atoms with Crippen molar-refractivity contribution < 1.29 is 4.79 Å². The average molecular weight is 337 g/mol. The second kappa shape index (κ2) is 5.59. The van der Waals surface area contributed by atoms with Gasteiger partial charge in [0.15, 0.2) is 0 Å². The molecule has 92 valence electrons. The predicted octanol–water partition coefficient (Wildman–Crippen LogP) is 3.99. The van der Waals surface area contributed by atoms with Crippen molar-refractivity contribution in [2.45, 2.75) is 30.7 Å².